The minimum absolute atomic E-state index is 0.0828. The number of aliphatic carboxylic acids is 1. The molecule has 0 saturated heterocycles. The van der Waals surface area contributed by atoms with Crippen molar-refractivity contribution in [3.05, 3.63) is 87.2 Å². The van der Waals surface area contributed by atoms with E-state index in [1.807, 2.05) is 14.1 Å². The summed E-state index contributed by atoms with van der Waals surface area (Å²) < 4.78 is 53.0. The Kier molecular flexibility index (Phi) is 12.4. The lowest BCUT2D eigenvalue weighted by atomic mass is 10.1. The fourth-order valence-electron chi connectivity index (χ4n) is 4.40. The molecule has 1 amide bonds. The van der Waals surface area contributed by atoms with Crippen LogP contribution in [0.2, 0.25) is 5.02 Å². The van der Waals surface area contributed by atoms with Gasteiger partial charge in [0.25, 0.3) is 0 Å². The standard InChI is InChI=1S/C29H28ClFN8O4.C2HF3O2/c1-5-43-26-13-23-20(28(18(14-32)15-33-23)35-19-8-9-22(31)21(30)11-19)12-24(26)36-27(40)7-6-10-39(3,4)16-25-29(38(41)42)34-17-37(25)2;3-2(4,5)1(6)7/h6-9,11-13,15,17H,5,10,16H2,1-4H3,(H-,33,35,36,40);(H,6,7)/b7-6+;. The number of nitrogens with zero attached hydrogens (tertiary/aromatic N) is 6. The van der Waals surface area contributed by atoms with E-state index in [-0.39, 0.29) is 16.4 Å². The van der Waals surface area contributed by atoms with Gasteiger partial charge in [-0.2, -0.15) is 18.4 Å². The summed E-state index contributed by atoms with van der Waals surface area (Å²) in [4.78, 5) is 40.8. The zero-order valence-corrected chi connectivity index (χ0v) is 27.6. The van der Waals surface area contributed by atoms with Crippen molar-refractivity contribution in [1.82, 2.24) is 14.5 Å². The average Bonchev–Trinajstić information content (AvgIpc) is 3.38. The summed E-state index contributed by atoms with van der Waals surface area (Å²) in [6, 6.07) is 9.50. The minimum Gasteiger partial charge on any atom is -0.542 e. The number of alkyl halides is 3. The van der Waals surface area contributed by atoms with Gasteiger partial charge in [-0.25, -0.2) is 4.39 Å². The summed E-state index contributed by atoms with van der Waals surface area (Å²) in [6.45, 7) is 2.85. The Morgan fingerprint density at radius 2 is 1.90 bits per heavy atom. The topological polar surface area (TPSA) is 188 Å². The lowest BCUT2D eigenvalue weighted by Gasteiger charge is -2.28. The van der Waals surface area contributed by atoms with E-state index in [9.17, 15) is 37.7 Å². The van der Waals surface area contributed by atoms with Gasteiger partial charge in [0.2, 0.25) is 12.2 Å². The van der Waals surface area contributed by atoms with Crippen molar-refractivity contribution >= 4 is 57.3 Å². The molecule has 0 aliphatic carbocycles. The number of fused-ring (bicyclic) bond motifs is 1. The zero-order chi connectivity index (χ0) is 37.4. The Bertz CT molecular complexity index is 1990. The quantitative estimate of drug-likeness (QED) is 0.0719. The van der Waals surface area contributed by atoms with E-state index in [0.29, 0.717) is 63.6 Å². The number of ether oxygens (including phenoxy) is 1. The van der Waals surface area contributed by atoms with Crippen molar-refractivity contribution in [1.29, 1.82) is 5.26 Å². The SMILES string of the molecule is CCOc1cc2ncc(C#N)c(Nc3ccc(F)c(Cl)c3)c2cc1NC(=O)/C=C/C[N+](C)(C)Cc1c([N+](=O)[O-])ncn1C.O=C([O-])C(F)(F)F. The number of anilines is 3. The third kappa shape index (κ3) is 10.1. The molecule has 0 radical (unpaired) electrons. The van der Waals surface area contributed by atoms with E-state index in [1.165, 1.54) is 36.8 Å². The highest BCUT2D eigenvalue weighted by atomic mass is 35.5. The second kappa shape index (κ2) is 16.1. The number of nitro groups is 1. The molecule has 50 heavy (non-hydrogen) atoms. The van der Waals surface area contributed by atoms with Crippen LogP contribution in [0.15, 0.2) is 55.0 Å². The number of nitriles is 1. The molecule has 0 bridgehead atoms. The van der Waals surface area contributed by atoms with Crippen molar-refractivity contribution in [2.45, 2.75) is 19.6 Å². The van der Waals surface area contributed by atoms with Crippen LogP contribution in [0.3, 0.4) is 0 Å². The summed E-state index contributed by atoms with van der Waals surface area (Å²) in [5.41, 5.74) is 2.39. The molecule has 4 rings (SSSR count). The first kappa shape index (κ1) is 38.6. The molecular weight excluding hydrogens is 692 g/mol. The molecule has 0 atom stereocenters. The normalized spacial score (nSPS) is 11.4. The fraction of sp³-hybridized carbons (Fsp3) is 0.258. The Balaban J connectivity index is 0.000000872. The van der Waals surface area contributed by atoms with E-state index in [0.717, 1.165) is 0 Å². The number of rotatable bonds is 11. The Morgan fingerprint density at radius 3 is 2.48 bits per heavy atom. The van der Waals surface area contributed by atoms with E-state index >= 15 is 0 Å². The first-order valence-electron chi connectivity index (χ1n) is 14.3. The molecule has 2 aromatic heterocycles. The predicted molar refractivity (Wildman–Crippen MR) is 172 cm³/mol. The molecule has 0 saturated carbocycles. The van der Waals surface area contributed by atoms with Crippen LogP contribution in [0, 0.1) is 27.3 Å². The number of carboxylic acids is 1. The van der Waals surface area contributed by atoms with Gasteiger partial charge in [-0.1, -0.05) is 11.6 Å². The molecule has 14 nitrogen and oxygen atoms in total. The van der Waals surface area contributed by atoms with Crippen LogP contribution < -0.4 is 20.5 Å². The maximum absolute atomic E-state index is 13.7. The van der Waals surface area contributed by atoms with Gasteiger partial charge in [0.15, 0.2) is 5.69 Å². The third-order valence-corrected chi connectivity index (χ3v) is 7.01. The van der Waals surface area contributed by atoms with Gasteiger partial charge in [0.1, 0.15) is 30.2 Å². The van der Waals surface area contributed by atoms with Crippen molar-refractivity contribution in [2.24, 2.45) is 7.05 Å². The Labute approximate surface area is 286 Å². The number of aromatic nitrogens is 3. The summed E-state index contributed by atoms with van der Waals surface area (Å²) in [7, 11) is 5.47. The van der Waals surface area contributed by atoms with Crippen LogP contribution in [0.25, 0.3) is 10.9 Å². The maximum Gasteiger partial charge on any atom is 0.430 e. The first-order valence-corrected chi connectivity index (χ1v) is 14.7. The number of aryl methyl sites for hydroxylation is 1. The molecule has 0 spiro atoms. The number of likely N-dealkylation sites (N-methyl/N-ethyl adjacent to an activating group) is 1. The highest BCUT2D eigenvalue weighted by Gasteiger charge is 2.29. The van der Waals surface area contributed by atoms with Crippen molar-refractivity contribution in [3.8, 4) is 11.8 Å². The van der Waals surface area contributed by atoms with Crippen molar-refractivity contribution in [3.63, 3.8) is 0 Å². The minimum atomic E-state index is -5.19. The fourth-order valence-corrected chi connectivity index (χ4v) is 4.58. The van der Waals surface area contributed by atoms with Gasteiger partial charge in [-0.05, 0) is 47.2 Å². The number of nitrogens with one attached hydrogen (secondary N) is 2. The number of imidazole rings is 1. The number of amides is 1. The van der Waals surface area contributed by atoms with Crippen LogP contribution in [0.5, 0.6) is 5.75 Å². The summed E-state index contributed by atoms with van der Waals surface area (Å²) >= 11 is 5.95. The number of halogens is 5. The van der Waals surface area contributed by atoms with E-state index in [1.54, 1.807) is 36.7 Å². The number of hydrogen-bond donors (Lipinski definition) is 2. The predicted octanol–water partition coefficient (Wildman–Crippen LogP) is 4.75. The van der Waals surface area contributed by atoms with Gasteiger partial charge >= 0.3 is 12.0 Å². The average molecular weight is 721 g/mol. The largest absolute Gasteiger partial charge is 0.542 e. The summed E-state index contributed by atoms with van der Waals surface area (Å²) in [6.07, 6.45) is 0.675. The van der Waals surface area contributed by atoms with Crippen LogP contribution in [0.1, 0.15) is 18.2 Å². The molecule has 19 heteroatoms. The summed E-state index contributed by atoms with van der Waals surface area (Å²) in [5.74, 6) is -3.83. The van der Waals surface area contributed by atoms with E-state index in [2.05, 4.69) is 26.7 Å². The number of pyridine rings is 1. The van der Waals surface area contributed by atoms with Gasteiger partial charge in [0.05, 0.1) is 54.7 Å². The second-order valence-corrected chi connectivity index (χ2v) is 11.5. The van der Waals surface area contributed by atoms with E-state index < -0.39 is 28.8 Å². The maximum atomic E-state index is 13.7. The lowest BCUT2D eigenvalue weighted by molar-refractivity contribution is -0.898. The van der Waals surface area contributed by atoms with Gasteiger partial charge < -0.3 is 44.4 Å². The number of carboxylic acid groups (broad SMARTS) is 1. The van der Waals surface area contributed by atoms with Gasteiger partial charge in [-0.15, -0.1) is 0 Å². The van der Waals surface area contributed by atoms with Crippen LogP contribution in [-0.2, 0) is 23.2 Å². The molecule has 0 aliphatic rings. The van der Waals surface area contributed by atoms with Crippen LogP contribution >= 0.6 is 11.6 Å². The van der Waals surface area contributed by atoms with Gasteiger partial charge in [-0.3, -0.25) is 9.78 Å². The highest BCUT2D eigenvalue weighted by Crippen LogP contribution is 2.36. The van der Waals surface area contributed by atoms with Crippen molar-refractivity contribution in [2.75, 3.05) is 37.9 Å². The van der Waals surface area contributed by atoms with Crippen LogP contribution in [0.4, 0.5) is 40.4 Å². The first-order chi connectivity index (χ1) is 23.4. The van der Waals surface area contributed by atoms with Crippen molar-refractivity contribution < 1.29 is 46.4 Å². The molecular formula is C31H29ClF4N8O6. The number of carbonyl (C=O) groups excluding carboxylic acids is 2. The lowest BCUT2D eigenvalue weighted by Crippen LogP contribution is -2.39. The Morgan fingerprint density at radius 1 is 1.22 bits per heavy atom. The van der Waals surface area contributed by atoms with E-state index in [4.69, 9.17) is 26.2 Å². The molecule has 2 N–H and O–H groups in total. The van der Waals surface area contributed by atoms with Crippen LogP contribution in [-0.4, -0.2) is 69.2 Å². The third-order valence-electron chi connectivity index (χ3n) is 6.72. The second-order valence-electron chi connectivity index (χ2n) is 11.0. The molecule has 4 aromatic rings. The molecule has 264 valence electrons. The number of quaternary nitrogens is 1. The summed E-state index contributed by atoms with van der Waals surface area (Å²) in [5, 5.41) is 36.2. The molecule has 2 aromatic carbocycles. The number of benzene rings is 2. The smallest absolute Gasteiger partial charge is 0.430 e. The molecule has 0 unspecified atom stereocenters. The molecule has 2 heterocycles. The molecule has 0 aliphatic heterocycles. The number of carbonyl (C=O) groups is 2. The monoisotopic (exact) mass is 720 g/mol. The Hall–Kier alpha value is -5.80. The number of hydrogen-bond acceptors (Lipinski definition) is 10. The highest BCUT2D eigenvalue weighted by molar-refractivity contribution is 6.31. The molecule has 0 fully saturated rings. The van der Waals surface area contributed by atoms with Gasteiger partial charge in [0, 0.05) is 36.5 Å². The zero-order valence-electron chi connectivity index (χ0n) is 26.8.